The SMILES string of the molecule is O=C(O)CCCCCCCCC#CC#CCCc1ccccc1. The third-order valence-electron chi connectivity index (χ3n) is 3.56. The molecule has 0 unspecified atom stereocenters. The predicted molar refractivity (Wildman–Crippen MR) is 94.9 cm³/mol. The van der Waals surface area contributed by atoms with Crippen LogP contribution in [0.5, 0.6) is 0 Å². The van der Waals surface area contributed by atoms with Crippen molar-refractivity contribution in [2.45, 2.75) is 64.2 Å². The monoisotopic (exact) mass is 310 g/mol. The van der Waals surface area contributed by atoms with Crippen LogP contribution in [-0.4, -0.2) is 11.1 Å². The Morgan fingerprint density at radius 2 is 1.43 bits per heavy atom. The first-order valence-electron chi connectivity index (χ1n) is 8.50. The zero-order chi connectivity index (χ0) is 16.6. The minimum absolute atomic E-state index is 0.300. The molecule has 0 aliphatic rings. The maximum Gasteiger partial charge on any atom is 0.303 e. The molecular weight excluding hydrogens is 284 g/mol. The number of hydrogen-bond donors (Lipinski definition) is 1. The van der Waals surface area contributed by atoms with E-state index in [1.54, 1.807) is 0 Å². The van der Waals surface area contributed by atoms with E-state index in [0.29, 0.717) is 6.42 Å². The van der Waals surface area contributed by atoms with E-state index in [4.69, 9.17) is 5.11 Å². The van der Waals surface area contributed by atoms with Crippen LogP contribution in [0.1, 0.15) is 63.4 Å². The average molecular weight is 310 g/mol. The summed E-state index contributed by atoms with van der Waals surface area (Å²) in [6.07, 6.45) is 9.44. The molecule has 0 heterocycles. The van der Waals surface area contributed by atoms with Crippen molar-refractivity contribution < 1.29 is 9.90 Å². The van der Waals surface area contributed by atoms with E-state index in [1.807, 2.05) is 6.07 Å². The number of aliphatic carboxylic acids is 1. The fourth-order valence-electron chi connectivity index (χ4n) is 2.26. The van der Waals surface area contributed by atoms with Crippen LogP contribution < -0.4 is 0 Å². The lowest BCUT2D eigenvalue weighted by Gasteiger charge is -1.98. The van der Waals surface area contributed by atoms with Gasteiger partial charge in [0.2, 0.25) is 0 Å². The zero-order valence-electron chi connectivity index (χ0n) is 13.8. The number of unbranched alkanes of at least 4 members (excludes halogenated alkanes) is 6. The largest absolute Gasteiger partial charge is 0.481 e. The maximum atomic E-state index is 10.3. The molecule has 1 rings (SSSR count). The van der Waals surface area contributed by atoms with Crippen LogP contribution in [0.2, 0.25) is 0 Å². The number of benzene rings is 1. The quantitative estimate of drug-likeness (QED) is 0.496. The van der Waals surface area contributed by atoms with Crippen LogP contribution >= 0.6 is 0 Å². The second-order valence-corrected chi connectivity index (χ2v) is 5.60. The van der Waals surface area contributed by atoms with Gasteiger partial charge in [-0.3, -0.25) is 4.79 Å². The zero-order valence-corrected chi connectivity index (χ0v) is 13.8. The molecule has 0 atom stereocenters. The van der Waals surface area contributed by atoms with Crippen molar-refractivity contribution in [3.63, 3.8) is 0 Å². The molecule has 0 saturated carbocycles. The van der Waals surface area contributed by atoms with E-state index in [-0.39, 0.29) is 0 Å². The Morgan fingerprint density at radius 1 is 0.826 bits per heavy atom. The van der Waals surface area contributed by atoms with E-state index in [9.17, 15) is 4.79 Å². The minimum Gasteiger partial charge on any atom is -0.481 e. The molecule has 0 spiro atoms. The van der Waals surface area contributed by atoms with Crippen molar-refractivity contribution in [3.8, 4) is 23.7 Å². The normalized spacial score (nSPS) is 9.39. The highest BCUT2D eigenvalue weighted by Gasteiger charge is 1.96. The van der Waals surface area contributed by atoms with E-state index in [1.165, 1.54) is 18.4 Å². The van der Waals surface area contributed by atoms with Gasteiger partial charge in [0.1, 0.15) is 0 Å². The van der Waals surface area contributed by atoms with Crippen molar-refractivity contribution in [1.82, 2.24) is 0 Å². The van der Waals surface area contributed by atoms with Crippen LogP contribution in [0.3, 0.4) is 0 Å². The van der Waals surface area contributed by atoms with Crippen LogP contribution in [0.4, 0.5) is 0 Å². The Morgan fingerprint density at radius 3 is 2.13 bits per heavy atom. The number of carboxylic acid groups (broad SMARTS) is 1. The van der Waals surface area contributed by atoms with Crippen molar-refractivity contribution in [2.75, 3.05) is 0 Å². The fraction of sp³-hybridized carbons (Fsp3) is 0.476. The molecule has 2 nitrogen and oxygen atoms in total. The summed E-state index contributed by atoms with van der Waals surface area (Å²) in [6, 6.07) is 10.4. The molecule has 1 aromatic carbocycles. The maximum absolute atomic E-state index is 10.3. The molecule has 0 aliphatic heterocycles. The van der Waals surface area contributed by atoms with E-state index >= 15 is 0 Å². The number of carboxylic acids is 1. The lowest BCUT2D eigenvalue weighted by Crippen LogP contribution is -1.93. The van der Waals surface area contributed by atoms with Crippen molar-refractivity contribution in [1.29, 1.82) is 0 Å². The fourth-order valence-corrected chi connectivity index (χ4v) is 2.26. The topological polar surface area (TPSA) is 37.3 Å². The lowest BCUT2D eigenvalue weighted by atomic mass is 10.1. The number of hydrogen-bond acceptors (Lipinski definition) is 1. The Bertz CT molecular complexity index is 552. The van der Waals surface area contributed by atoms with Crippen molar-refractivity contribution in [3.05, 3.63) is 35.9 Å². The van der Waals surface area contributed by atoms with Crippen LogP contribution in [0.25, 0.3) is 0 Å². The summed E-state index contributed by atoms with van der Waals surface area (Å²) in [6.45, 7) is 0. The second kappa shape index (κ2) is 13.5. The van der Waals surface area contributed by atoms with Crippen LogP contribution in [0, 0.1) is 23.7 Å². The Kier molecular flexibility index (Phi) is 11.0. The van der Waals surface area contributed by atoms with E-state index in [2.05, 4.69) is 47.9 Å². The summed E-state index contributed by atoms with van der Waals surface area (Å²) < 4.78 is 0. The van der Waals surface area contributed by atoms with Gasteiger partial charge in [-0.2, -0.15) is 0 Å². The Hall–Kier alpha value is -2.19. The molecule has 0 aromatic heterocycles. The molecular formula is C21H26O2. The molecule has 23 heavy (non-hydrogen) atoms. The third kappa shape index (κ3) is 12.1. The highest BCUT2D eigenvalue weighted by Crippen LogP contribution is 2.08. The molecule has 0 fully saturated rings. The highest BCUT2D eigenvalue weighted by atomic mass is 16.4. The highest BCUT2D eigenvalue weighted by molar-refractivity contribution is 5.66. The summed E-state index contributed by atoms with van der Waals surface area (Å²) in [7, 11) is 0. The molecule has 0 bridgehead atoms. The molecule has 122 valence electrons. The standard InChI is InChI=1S/C21H26O2/c22-21(23)19-15-10-8-6-4-2-1-3-5-7-9-12-16-20-17-13-11-14-18-20/h11,13-14,17-18H,1-2,4,6,8,10,12,15-16,19H2,(H,22,23). The first-order valence-corrected chi connectivity index (χ1v) is 8.50. The molecule has 0 amide bonds. The summed E-state index contributed by atoms with van der Waals surface area (Å²) >= 11 is 0. The number of rotatable bonds is 10. The summed E-state index contributed by atoms with van der Waals surface area (Å²) in [4.78, 5) is 10.3. The molecule has 2 heteroatoms. The molecule has 0 aliphatic carbocycles. The first kappa shape index (κ1) is 18.9. The van der Waals surface area contributed by atoms with Crippen LogP contribution in [0.15, 0.2) is 30.3 Å². The Balaban J connectivity index is 1.94. The number of carbonyl (C=O) groups is 1. The van der Waals surface area contributed by atoms with Gasteiger partial charge in [0.25, 0.3) is 0 Å². The summed E-state index contributed by atoms with van der Waals surface area (Å²) in [5.74, 6) is 11.3. The van der Waals surface area contributed by atoms with Gasteiger partial charge in [0.15, 0.2) is 0 Å². The van der Waals surface area contributed by atoms with Crippen molar-refractivity contribution in [2.24, 2.45) is 0 Å². The van der Waals surface area contributed by atoms with Gasteiger partial charge in [-0.1, -0.05) is 67.9 Å². The molecule has 1 aromatic rings. The lowest BCUT2D eigenvalue weighted by molar-refractivity contribution is -0.137. The number of aryl methyl sites for hydroxylation is 1. The summed E-state index contributed by atoms with van der Waals surface area (Å²) in [5.41, 5.74) is 1.32. The van der Waals surface area contributed by atoms with Gasteiger partial charge < -0.3 is 5.11 Å². The first-order chi connectivity index (χ1) is 11.3. The smallest absolute Gasteiger partial charge is 0.303 e. The average Bonchev–Trinajstić information content (AvgIpc) is 2.56. The molecule has 0 saturated heterocycles. The van der Waals surface area contributed by atoms with Gasteiger partial charge in [-0.25, -0.2) is 0 Å². The predicted octanol–water partition coefficient (Wildman–Crippen LogP) is 4.83. The van der Waals surface area contributed by atoms with Gasteiger partial charge in [-0.15, -0.1) is 0 Å². The third-order valence-corrected chi connectivity index (χ3v) is 3.56. The van der Waals surface area contributed by atoms with Crippen molar-refractivity contribution >= 4 is 5.97 Å². The van der Waals surface area contributed by atoms with Crippen LogP contribution in [-0.2, 0) is 11.2 Å². The van der Waals surface area contributed by atoms with Gasteiger partial charge in [0.05, 0.1) is 0 Å². The van der Waals surface area contributed by atoms with Gasteiger partial charge in [0, 0.05) is 19.3 Å². The molecule has 0 radical (unpaired) electrons. The molecule has 1 N–H and O–H groups in total. The van der Waals surface area contributed by atoms with Gasteiger partial charge >= 0.3 is 5.97 Å². The minimum atomic E-state index is -0.690. The summed E-state index contributed by atoms with van der Waals surface area (Å²) in [5, 5.41) is 8.52. The Labute approximate surface area is 140 Å². The van der Waals surface area contributed by atoms with Gasteiger partial charge in [-0.05, 0) is 36.7 Å². The second-order valence-electron chi connectivity index (χ2n) is 5.60. The van der Waals surface area contributed by atoms with E-state index in [0.717, 1.165) is 44.9 Å². The van der Waals surface area contributed by atoms with E-state index < -0.39 is 5.97 Å².